The molecule has 1 aliphatic heterocycles. The molecule has 3 aromatic rings. The second-order valence-electron chi connectivity index (χ2n) is 9.31. The lowest BCUT2D eigenvalue weighted by Crippen LogP contribution is -2.51. The third kappa shape index (κ3) is 4.09. The number of alkyl halides is 3. The molecule has 1 saturated carbocycles. The van der Waals surface area contributed by atoms with Crippen LogP contribution in [-0.2, 0) is 15.8 Å². The van der Waals surface area contributed by atoms with Crippen molar-refractivity contribution in [3.05, 3.63) is 71.2 Å². The van der Waals surface area contributed by atoms with Gasteiger partial charge in [0.15, 0.2) is 17.2 Å². The van der Waals surface area contributed by atoms with E-state index < -0.39 is 53.2 Å². The smallest absolute Gasteiger partial charge is 0.424 e. The number of methoxy groups -OCH3 is 1. The molecule has 2 unspecified atom stereocenters. The van der Waals surface area contributed by atoms with Gasteiger partial charge >= 0.3 is 6.18 Å². The van der Waals surface area contributed by atoms with Gasteiger partial charge in [-0.15, -0.1) is 0 Å². The number of benzene rings is 2. The molecule has 2 amide bonds. The van der Waals surface area contributed by atoms with E-state index in [0.717, 1.165) is 36.4 Å². The number of aromatic hydroxyl groups is 1. The second-order valence-corrected chi connectivity index (χ2v) is 9.31. The third-order valence-electron chi connectivity index (χ3n) is 7.01. The molecule has 0 spiro atoms. The Morgan fingerprint density at radius 1 is 1.21 bits per heavy atom. The van der Waals surface area contributed by atoms with Gasteiger partial charge in [0, 0.05) is 23.1 Å². The van der Waals surface area contributed by atoms with Crippen molar-refractivity contribution in [2.24, 2.45) is 5.73 Å². The van der Waals surface area contributed by atoms with Crippen molar-refractivity contribution >= 4 is 11.8 Å². The SMILES string of the molecule is COc1cc(C(=O)NCC(O)(c2cc3c(c(-c4ccc(F)cc4)n2)OC2C[C@@]32C(N)=O)C(F)(F)F)ccc1O. The number of phenolic OH excluding ortho intramolecular Hbond substituents is 1. The number of nitrogens with two attached hydrogens (primary N) is 1. The fourth-order valence-corrected chi connectivity index (χ4v) is 4.66. The molecule has 1 fully saturated rings. The zero-order valence-electron chi connectivity index (χ0n) is 20.2. The van der Waals surface area contributed by atoms with Crippen LogP contribution in [0.4, 0.5) is 17.6 Å². The molecule has 5 rings (SSSR count). The molecule has 5 N–H and O–H groups in total. The van der Waals surface area contributed by atoms with Crippen molar-refractivity contribution in [2.45, 2.75) is 29.7 Å². The molecule has 0 bridgehead atoms. The molecule has 204 valence electrons. The maximum absolute atomic E-state index is 14.4. The maximum atomic E-state index is 14.4. The van der Waals surface area contributed by atoms with Crippen LogP contribution in [-0.4, -0.2) is 52.9 Å². The average molecular weight is 547 g/mol. The van der Waals surface area contributed by atoms with Gasteiger partial charge in [-0.2, -0.15) is 13.2 Å². The summed E-state index contributed by atoms with van der Waals surface area (Å²) in [4.78, 5) is 29.0. The van der Waals surface area contributed by atoms with E-state index >= 15 is 0 Å². The number of ether oxygens (including phenoxy) is 2. The second kappa shape index (κ2) is 8.83. The highest BCUT2D eigenvalue weighted by atomic mass is 19.4. The Morgan fingerprint density at radius 2 is 1.90 bits per heavy atom. The van der Waals surface area contributed by atoms with Crippen molar-refractivity contribution in [1.82, 2.24) is 10.3 Å². The van der Waals surface area contributed by atoms with Crippen molar-refractivity contribution in [2.75, 3.05) is 13.7 Å². The van der Waals surface area contributed by atoms with Crippen LogP contribution in [0.3, 0.4) is 0 Å². The number of nitrogens with zero attached hydrogens (tertiary/aromatic N) is 1. The minimum absolute atomic E-state index is 0.00477. The van der Waals surface area contributed by atoms with E-state index in [1.165, 1.54) is 19.2 Å². The van der Waals surface area contributed by atoms with Gasteiger partial charge in [-0.3, -0.25) is 9.59 Å². The zero-order valence-corrected chi connectivity index (χ0v) is 20.2. The Kier molecular flexibility index (Phi) is 5.94. The number of amides is 2. The zero-order chi connectivity index (χ0) is 28.3. The van der Waals surface area contributed by atoms with Gasteiger partial charge in [-0.25, -0.2) is 9.37 Å². The first-order chi connectivity index (χ1) is 18.3. The topological polar surface area (TPSA) is 144 Å². The minimum atomic E-state index is -5.35. The molecular formula is C26H21F4N3O6. The van der Waals surface area contributed by atoms with Crippen molar-refractivity contribution < 1.29 is 46.8 Å². The molecule has 2 aromatic carbocycles. The lowest BCUT2D eigenvalue weighted by Gasteiger charge is -2.31. The summed E-state index contributed by atoms with van der Waals surface area (Å²) in [6.45, 7) is -1.36. The van der Waals surface area contributed by atoms with Gasteiger partial charge in [0.2, 0.25) is 11.5 Å². The number of aromatic nitrogens is 1. The number of nitrogens with one attached hydrogen (secondary N) is 1. The van der Waals surface area contributed by atoms with E-state index in [4.69, 9.17) is 15.2 Å². The van der Waals surface area contributed by atoms with E-state index in [1.54, 1.807) is 0 Å². The van der Waals surface area contributed by atoms with Crippen LogP contribution in [0.1, 0.15) is 28.0 Å². The number of hydrogen-bond acceptors (Lipinski definition) is 7. The fourth-order valence-electron chi connectivity index (χ4n) is 4.66. The van der Waals surface area contributed by atoms with Crippen LogP contribution in [0.5, 0.6) is 17.2 Å². The quantitative estimate of drug-likeness (QED) is 0.333. The number of hydrogen-bond donors (Lipinski definition) is 4. The van der Waals surface area contributed by atoms with Crippen LogP contribution in [0.15, 0.2) is 48.5 Å². The van der Waals surface area contributed by atoms with Crippen molar-refractivity contribution in [3.63, 3.8) is 0 Å². The summed E-state index contributed by atoms with van der Waals surface area (Å²) in [5.41, 5.74) is -0.593. The summed E-state index contributed by atoms with van der Waals surface area (Å²) in [6, 6.07) is 8.95. The molecule has 2 heterocycles. The highest BCUT2D eigenvalue weighted by Gasteiger charge is 2.69. The molecule has 9 nitrogen and oxygen atoms in total. The predicted molar refractivity (Wildman–Crippen MR) is 126 cm³/mol. The lowest BCUT2D eigenvalue weighted by molar-refractivity contribution is -0.265. The maximum Gasteiger partial charge on any atom is 0.424 e. The average Bonchev–Trinajstić information content (AvgIpc) is 3.53. The minimum Gasteiger partial charge on any atom is -0.504 e. The summed E-state index contributed by atoms with van der Waals surface area (Å²) >= 11 is 0. The van der Waals surface area contributed by atoms with Gasteiger partial charge in [0.1, 0.15) is 23.0 Å². The molecule has 3 atom stereocenters. The molecule has 0 saturated heterocycles. The fraction of sp³-hybridized carbons (Fsp3) is 0.269. The van der Waals surface area contributed by atoms with Crippen molar-refractivity contribution in [1.29, 1.82) is 0 Å². The Morgan fingerprint density at radius 3 is 2.51 bits per heavy atom. The first-order valence-corrected chi connectivity index (χ1v) is 11.5. The van der Waals surface area contributed by atoms with E-state index in [1.807, 2.05) is 5.32 Å². The van der Waals surface area contributed by atoms with Crippen LogP contribution in [0, 0.1) is 5.82 Å². The highest BCUT2D eigenvalue weighted by Crippen LogP contribution is 2.61. The number of pyridine rings is 1. The highest BCUT2D eigenvalue weighted by molar-refractivity contribution is 5.96. The monoisotopic (exact) mass is 547 g/mol. The van der Waals surface area contributed by atoms with E-state index in [-0.39, 0.29) is 46.1 Å². The summed E-state index contributed by atoms with van der Waals surface area (Å²) in [7, 11) is 1.23. The molecule has 13 heteroatoms. The first-order valence-electron chi connectivity index (χ1n) is 11.5. The number of carbonyl (C=O) groups is 2. The van der Waals surface area contributed by atoms with E-state index in [2.05, 4.69) is 4.98 Å². The van der Waals surface area contributed by atoms with Gasteiger partial charge in [-0.1, -0.05) is 0 Å². The number of primary amides is 1. The number of rotatable bonds is 7. The number of fused-ring (bicyclic) bond motifs is 3. The number of aliphatic hydroxyl groups is 1. The summed E-state index contributed by atoms with van der Waals surface area (Å²) < 4.78 is 67.6. The van der Waals surface area contributed by atoms with Gasteiger partial charge in [0.25, 0.3) is 5.91 Å². The molecule has 1 aliphatic carbocycles. The summed E-state index contributed by atoms with van der Waals surface area (Å²) in [5.74, 6) is -2.81. The first kappa shape index (κ1) is 26.2. The van der Waals surface area contributed by atoms with E-state index in [0.29, 0.717) is 0 Å². The third-order valence-corrected chi connectivity index (χ3v) is 7.01. The number of halogens is 4. The van der Waals surface area contributed by atoms with Crippen LogP contribution in [0.2, 0.25) is 0 Å². The Balaban J connectivity index is 1.59. The molecule has 1 aromatic heterocycles. The Labute approximate surface area is 218 Å². The Bertz CT molecular complexity index is 1500. The van der Waals surface area contributed by atoms with E-state index in [9.17, 15) is 37.4 Å². The van der Waals surface area contributed by atoms with Gasteiger partial charge in [0.05, 0.1) is 19.3 Å². The summed E-state index contributed by atoms with van der Waals surface area (Å²) in [6.07, 6.45) is -5.94. The largest absolute Gasteiger partial charge is 0.504 e. The molecule has 39 heavy (non-hydrogen) atoms. The normalized spacial score (nSPS) is 20.7. The standard InChI is InChI=1S/C26H21F4N3O6/c1-38-17-8-13(4-7-16(17)34)22(35)32-11-25(37,26(28,29)30)18-9-15-21(39-19-10-24(15,19)23(31)36)20(33-18)12-2-5-14(27)6-3-12/h2-9,19,34,37H,10-11H2,1H3,(H2,31,36)(H,32,35)/t19?,24-,25?/m1/s1. The molecule has 0 radical (unpaired) electrons. The molecule has 2 aliphatic rings. The number of phenols is 1. The predicted octanol–water partition coefficient (Wildman–Crippen LogP) is 2.67. The van der Waals surface area contributed by atoms with Crippen molar-refractivity contribution in [3.8, 4) is 28.5 Å². The molecular weight excluding hydrogens is 526 g/mol. The Hall–Kier alpha value is -4.39. The van der Waals surface area contributed by atoms with Crippen LogP contribution >= 0.6 is 0 Å². The van der Waals surface area contributed by atoms with Gasteiger partial charge < -0.3 is 30.7 Å². The van der Waals surface area contributed by atoms with Crippen LogP contribution in [0.25, 0.3) is 11.3 Å². The van der Waals surface area contributed by atoms with Gasteiger partial charge in [-0.05, 0) is 48.5 Å². The lowest BCUT2D eigenvalue weighted by atomic mass is 9.89. The van der Waals surface area contributed by atoms with Crippen LogP contribution < -0.4 is 20.5 Å². The number of carbonyl (C=O) groups excluding carboxylic acids is 2. The summed E-state index contributed by atoms with van der Waals surface area (Å²) in [5, 5.41) is 22.8.